The van der Waals surface area contributed by atoms with Crippen molar-refractivity contribution in [3.05, 3.63) is 38.8 Å². The maximum absolute atomic E-state index is 12.8. The predicted molar refractivity (Wildman–Crippen MR) is 97.7 cm³/mol. The molecule has 4 aliphatic rings. The molecule has 2 amide bonds. The number of halogens is 2. The standard InChI is InChI=1S/C18H14Br2N2O3/c19-9-5-8(15(23)12(20)6-9)7-21-22-16(24)13-10-1-2-11(14(13)17(22)25)18(10)3-4-18/h1-2,5-7,10-11,13-14,23H,3-4H2/b21-7-/t10-,11-,13-,14+/m1/s1. The smallest absolute Gasteiger partial charge is 0.254 e. The Balaban J connectivity index is 1.46. The minimum atomic E-state index is -0.259. The summed E-state index contributed by atoms with van der Waals surface area (Å²) in [6, 6.07) is 3.39. The predicted octanol–water partition coefficient (Wildman–Crippen LogP) is 3.45. The molecule has 4 atom stereocenters. The molecule has 1 aromatic rings. The summed E-state index contributed by atoms with van der Waals surface area (Å²) in [7, 11) is 0. The zero-order valence-corrected chi connectivity index (χ0v) is 16.2. The minimum absolute atomic E-state index is 0.0184. The van der Waals surface area contributed by atoms with Crippen LogP contribution in [0.4, 0.5) is 0 Å². The van der Waals surface area contributed by atoms with Crippen LogP contribution in [0.5, 0.6) is 5.75 Å². The number of imide groups is 1. The second-order valence-corrected chi connectivity index (χ2v) is 9.05. The van der Waals surface area contributed by atoms with E-state index in [2.05, 4.69) is 49.1 Å². The van der Waals surface area contributed by atoms with Crippen LogP contribution in [0, 0.1) is 29.1 Å². The van der Waals surface area contributed by atoms with Crippen LogP contribution >= 0.6 is 31.9 Å². The molecule has 7 heteroatoms. The van der Waals surface area contributed by atoms with Crippen LogP contribution in [0.1, 0.15) is 18.4 Å². The van der Waals surface area contributed by atoms with Crippen LogP contribution < -0.4 is 0 Å². The Morgan fingerprint density at radius 2 is 1.72 bits per heavy atom. The van der Waals surface area contributed by atoms with Gasteiger partial charge in [-0.05, 0) is 58.2 Å². The molecular formula is C18H14Br2N2O3. The van der Waals surface area contributed by atoms with Crippen LogP contribution in [-0.2, 0) is 9.59 Å². The van der Waals surface area contributed by atoms with Gasteiger partial charge in [-0.15, -0.1) is 0 Å². The molecule has 1 saturated heterocycles. The molecule has 128 valence electrons. The molecule has 1 spiro atoms. The third kappa shape index (κ3) is 1.96. The van der Waals surface area contributed by atoms with Crippen molar-refractivity contribution in [1.82, 2.24) is 5.01 Å². The van der Waals surface area contributed by atoms with Gasteiger partial charge in [0.1, 0.15) is 5.75 Å². The van der Waals surface area contributed by atoms with Crippen LogP contribution in [0.15, 0.2) is 38.3 Å². The van der Waals surface area contributed by atoms with Gasteiger partial charge in [-0.1, -0.05) is 28.1 Å². The maximum Gasteiger partial charge on any atom is 0.254 e. The average Bonchev–Trinajstić information content (AvgIpc) is 3.17. The Labute approximate surface area is 161 Å². The first-order valence-corrected chi connectivity index (χ1v) is 9.81. The number of phenolic OH excluding ortho intramolecular Hbond substituents is 1. The van der Waals surface area contributed by atoms with E-state index in [0.29, 0.717) is 10.0 Å². The number of allylic oxidation sites excluding steroid dienone is 2. The second-order valence-electron chi connectivity index (χ2n) is 7.28. The number of hydrogen-bond acceptors (Lipinski definition) is 4. The second kappa shape index (κ2) is 5.04. The van der Waals surface area contributed by atoms with Gasteiger partial charge in [0.15, 0.2) is 0 Å². The molecule has 1 N–H and O–H groups in total. The fourth-order valence-electron chi connectivity index (χ4n) is 4.98. The van der Waals surface area contributed by atoms with Gasteiger partial charge in [0, 0.05) is 10.0 Å². The molecule has 2 bridgehead atoms. The summed E-state index contributed by atoms with van der Waals surface area (Å²) < 4.78 is 1.27. The van der Waals surface area contributed by atoms with E-state index in [1.165, 1.54) is 6.21 Å². The summed E-state index contributed by atoms with van der Waals surface area (Å²) in [5, 5.41) is 15.2. The largest absolute Gasteiger partial charge is 0.506 e. The lowest BCUT2D eigenvalue weighted by Gasteiger charge is -2.18. The van der Waals surface area contributed by atoms with E-state index in [1.807, 2.05) is 0 Å². The van der Waals surface area contributed by atoms with E-state index >= 15 is 0 Å². The number of phenols is 1. The molecule has 0 aromatic heterocycles. The molecule has 3 fully saturated rings. The highest BCUT2D eigenvalue weighted by atomic mass is 79.9. The van der Waals surface area contributed by atoms with Gasteiger partial charge in [-0.3, -0.25) is 9.59 Å². The summed E-state index contributed by atoms with van der Waals surface area (Å²) in [6.45, 7) is 0. The first-order valence-electron chi connectivity index (χ1n) is 8.22. The van der Waals surface area contributed by atoms with Crippen molar-refractivity contribution in [2.24, 2.45) is 34.2 Å². The summed E-state index contributed by atoms with van der Waals surface area (Å²) in [6.07, 6.45) is 7.87. The van der Waals surface area contributed by atoms with Crippen molar-refractivity contribution >= 4 is 49.9 Å². The number of carbonyl (C=O) groups is 2. The number of hydrogen-bond donors (Lipinski definition) is 1. The lowest BCUT2D eigenvalue weighted by Crippen LogP contribution is -2.30. The molecule has 0 radical (unpaired) electrons. The molecule has 1 heterocycles. The zero-order chi connectivity index (χ0) is 17.5. The van der Waals surface area contributed by atoms with Crippen molar-refractivity contribution in [3.63, 3.8) is 0 Å². The number of carbonyl (C=O) groups excluding carboxylic acids is 2. The van der Waals surface area contributed by atoms with E-state index in [0.717, 1.165) is 22.3 Å². The SMILES string of the molecule is O=C1[C@@H]2[C@H](C(=O)N1/N=C\c1cc(Br)cc(Br)c1O)[C@H]1C=C[C@H]2C12CC2. The van der Waals surface area contributed by atoms with Gasteiger partial charge in [0.05, 0.1) is 22.5 Å². The monoisotopic (exact) mass is 464 g/mol. The summed E-state index contributed by atoms with van der Waals surface area (Å²) in [5.74, 6) is -0.536. The van der Waals surface area contributed by atoms with Crippen molar-refractivity contribution in [1.29, 1.82) is 0 Å². The van der Waals surface area contributed by atoms with Gasteiger partial charge in [-0.2, -0.15) is 10.1 Å². The van der Waals surface area contributed by atoms with Crippen molar-refractivity contribution in [2.75, 3.05) is 0 Å². The molecule has 5 rings (SSSR count). The van der Waals surface area contributed by atoms with Gasteiger partial charge >= 0.3 is 0 Å². The van der Waals surface area contributed by atoms with Crippen molar-refractivity contribution in [2.45, 2.75) is 12.8 Å². The zero-order valence-electron chi connectivity index (χ0n) is 13.0. The quantitative estimate of drug-likeness (QED) is 0.413. The first kappa shape index (κ1) is 15.8. The number of amides is 2. The molecule has 0 unspecified atom stereocenters. The number of fused-ring (bicyclic) bond motifs is 3. The average molecular weight is 466 g/mol. The molecule has 25 heavy (non-hydrogen) atoms. The van der Waals surface area contributed by atoms with E-state index < -0.39 is 0 Å². The molecule has 1 aliphatic heterocycles. The van der Waals surface area contributed by atoms with E-state index in [9.17, 15) is 14.7 Å². The van der Waals surface area contributed by atoms with Gasteiger partial charge < -0.3 is 5.11 Å². The topological polar surface area (TPSA) is 70.0 Å². The Morgan fingerprint density at radius 3 is 2.28 bits per heavy atom. The number of aromatic hydroxyl groups is 1. The minimum Gasteiger partial charge on any atom is -0.506 e. The fourth-order valence-corrected chi connectivity index (χ4v) is 6.24. The molecular weight excluding hydrogens is 452 g/mol. The molecule has 1 aromatic carbocycles. The highest BCUT2D eigenvalue weighted by molar-refractivity contribution is 9.11. The highest BCUT2D eigenvalue weighted by Crippen LogP contribution is 2.73. The number of nitrogens with zero attached hydrogens (tertiary/aromatic N) is 2. The highest BCUT2D eigenvalue weighted by Gasteiger charge is 2.73. The Hall–Kier alpha value is -1.47. The Morgan fingerprint density at radius 1 is 1.12 bits per heavy atom. The molecule has 3 aliphatic carbocycles. The summed E-state index contributed by atoms with van der Waals surface area (Å²) in [5.41, 5.74) is 0.614. The number of benzene rings is 1. The first-order chi connectivity index (χ1) is 11.9. The van der Waals surface area contributed by atoms with E-state index in [4.69, 9.17) is 0 Å². The number of hydrazone groups is 1. The molecule has 2 saturated carbocycles. The van der Waals surface area contributed by atoms with Crippen molar-refractivity contribution < 1.29 is 14.7 Å². The van der Waals surface area contributed by atoms with Crippen molar-refractivity contribution in [3.8, 4) is 5.75 Å². The van der Waals surface area contributed by atoms with Gasteiger partial charge in [0.2, 0.25) is 0 Å². The lowest BCUT2D eigenvalue weighted by atomic mass is 9.85. The summed E-state index contributed by atoms with van der Waals surface area (Å²) >= 11 is 6.61. The van der Waals surface area contributed by atoms with Crippen LogP contribution in [0.2, 0.25) is 0 Å². The van der Waals surface area contributed by atoms with Crippen LogP contribution in [-0.4, -0.2) is 28.1 Å². The van der Waals surface area contributed by atoms with Gasteiger partial charge in [0.25, 0.3) is 11.8 Å². The Kier molecular flexibility index (Phi) is 3.18. The molecule has 5 nitrogen and oxygen atoms in total. The normalized spacial score (nSPS) is 33.9. The van der Waals surface area contributed by atoms with Crippen LogP contribution in [0.25, 0.3) is 0 Å². The van der Waals surface area contributed by atoms with E-state index in [-0.39, 0.29) is 46.7 Å². The maximum atomic E-state index is 12.8. The lowest BCUT2D eigenvalue weighted by molar-refractivity contribution is -0.141. The fraction of sp³-hybridized carbons (Fsp3) is 0.389. The third-order valence-corrected chi connectivity index (χ3v) is 7.26. The summed E-state index contributed by atoms with van der Waals surface area (Å²) in [4.78, 5) is 25.6. The third-order valence-electron chi connectivity index (χ3n) is 6.20. The van der Waals surface area contributed by atoms with Crippen LogP contribution in [0.3, 0.4) is 0 Å². The van der Waals surface area contributed by atoms with Gasteiger partial charge in [-0.25, -0.2) is 0 Å². The number of rotatable bonds is 2. The van der Waals surface area contributed by atoms with E-state index in [1.54, 1.807) is 12.1 Å². The Bertz CT molecular complexity index is 857.